The molecule has 1 atom stereocenters. The van der Waals surface area contributed by atoms with Gasteiger partial charge < -0.3 is 9.88 Å². The third kappa shape index (κ3) is 3.08. The van der Waals surface area contributed by atoms with Gasteiger partial charge in [-0.1, -0.05) is 20.8 Å². The lowest BCUT2D eigenvalue weighted by molar-refractivity contribution is 0.0698. The van der Waals surface area contributed by atoms with Gasteiger partial charge >= 0.3 is 0 Å². The number of nitrogens with one attached hydrogen (secondary N) is 1. The Balaban J connectivity index is 1.87. The normalized spacial score (nSPS) is 21.7. The Bertz CT molecular complexity index is 637. The summed E-state index contributed by atoms with van der Waals surface area (Å²) in [5.41, 5.74) is 3.47. The highest BCUT2D eigenvalue weighted by atomic mass is 16.2. The van der Waals surface area contributed by atoms with E-state index in [2.05, 4.69) is 25.8 Å². The minimum atomic E-state index is 0.0800. The summed E-state index contributed by atoms with van der Waals surface area (Å²) in [6.07, 6.45) is 5.55. The number of aromatic nitrogens is 1. The number of likely N-dealkylation sites (tertiary alicyclic amines) is 1. The summed E-state index contributed by atoms with van der Waals surface area (Å²) >= 11 is 0. The number of aryl methyl sites for hydroxylation is 1. The average molecular weight is 316 g/mol. The standard InChI is InChI=1S/C19H28N2O2/c1-12-16-14(8-5-9-15(16)22)20-17(12)18(23)21-10-6-7-13(21)11-19(2,3)4/h13,20H,5-11H2,1-4H3. The molecule has 0 aromatic carbocycles. The Morgan fingerprint density at radius 3 is 2.65 bits per heavy atom. The van der Waals surface area contributed by atoms with Crippen molar-refractivity contribution >= 4 is 11.7 Å². The van der Waals surface area contributed by atoms with Gasteiger partial charge in [0.2, 0.25) is 0 Å². The van der Waals surface area contributed by atoms with Gasteiger partial charge in [-0.3, -0.25) is 9.59 Å². The van der Waals surface area contributed by atoms with E-state index in [0.717, 1.165) is 55.5 Å². The van der Waals surface area contributed by atoms with Crippen LogP contribution < -0.4 is 0 Å². The summed E-state index contributed by atoms with van der Waals surface area (Å²) in [5, 5.41) is 0. The van der Waals surface area contributed by atoms with Crippen LogP contribution in [0.3, 0.4) is 0 Å². The zero-order chi connectivity index (χ0) is 16.8. The molecule has 2 heterocycles. The van der Waals surface area contributed by atoms with Crippen molar-refractivity contribution in [1.29, 1.82) is 0 Å². The number of H-pyrrole nitrogens is 1. The van der Waals surface area contributed by atoms with Crippen molar-refractivity contribution in [3.63, 3.8) is 0 Å². The third-order valence-corrected chi connectivity index (χ3v) is 5.14. The molecule has 1 unspecified atom stereocenters. The Labute approximate surface area is 138 Å². The fraction of sp³-hybridized carbons (Fsp3) is 0.684. The SMILES string of the molecule is Cc1c(C(=O)N2CCCC2CC(C)(C)C)[nH]c2c1C(=O)CCC2. The number of ketones is 1. The first kappa shape index (κ1) is 16.3. The van der Waals surface area contributed by atoms with E-state index >= 15 is 0 Å². The van der Waals surface area contributed by atoms with Gasteiger partial charge in [0.25, 0.3) is 5.91 Å². The lowest BCUT2D eigenvalue weighted by Crippen LogP contribution is -2.38. The number of fused-ring (bicyclic) bond motifs is 1. The number of Topliss-reactive ketones (excluding diaryl/α,β-unsaturated/α-hetero) is 1. The molecular formula is C19H28N2O2. The number of nitrogens with zero attached hydrogens (tertiary/aromatic N) is 1. The van der Waals surface area contributed by atoms with Crippen molar-refractivity contribution in [2.24, 2.45) is 5.41 Å². The number of carbonyl (C=O) groups is 2. The topological polar surface area (TPSA) is 53.2 Å². The number of hydrogen-bond acceptors (Lipinski definition) is 2. The zero-order valence-corrected chi connectivity index (χ0v) is 14.8. The van der Waals surface area contributed by atoms with Crippen molar-refractivity contribution in [1.82, 2.24) is 9.88 Å². The number of hydrogen-bond donors (Lipinski definition) is 1. The highest BCUT2D eigenvalue weighted by molar-refractivity contribution is 6.04. The first-order valence-electron chi connectivity index (χ1n) is 8.83. The molecule has 3 rings (SSSR count). The quantitative estimate of drug-likeness (QED) is 0.900. The maximum atomic E-state index is 13.1. The smallest absolute Gasteiger partial charge is 0.270 e. The summed E-state index contributed by atoms with van der Waals surface area (Å²) in [6.45, 7) is 9.43. The average Bonchev–Trinajstić information content (AvgIpc) is 3.02. The van der Waals surface area contributed by atoms with E-state index in [-0.39, 0.29) is 17.1 Å². The molecule has 1 aromatic heterocycles. The summed E-state index contributed by atoms with van der Waals surface area (Å²) in [5.74, 6) is 0.267. The van der Waals surface area contributed by atoms with E-state index in [0.29, 0.717) is 18.2 Å². The van der Waals surface area contributed by atoms with Crippen molar-refractivity contribution in [3.05, 3.63) is 22.5 Å². The molecule has 1 saturated heterocycles. The first-order chi connectivity index (χ1) is 10.8. The van der Waals surface area contributed by atoms with Crippen LogP contribution in [-0.4, -0.2) is 34.2 Å². The van der Waals surface area contributed by atoms with E-state index in [4.69, 9.17) is 0 Å². The van der Waals surface area contributed by atoms with Crippen LogP contribution in [0.2, 0.25) is 0 Å². The fourth-order valence-corrected chi connectivity index (χ4v) is 4.15. The lowest BCUT2D eigenvalue weighted by atomic mass is 9.87. The molecule has 1 aliphatic carbocycles. The Kier molecular flexibility index (Phi) is 4.11. The molecule has 1 aromatic rings. The molecule has 1 fully saturated rings. The van der Waals surface area contributed by atoms with E-state index in [1.165, 1.54) is 0 Å². The second kappa shape index (κ2) is 5.81. The number of amides is 1. The van der Waals surface area contributed by atoms with Crippen LogP contribution in [-0.2, 0) is 6.42 Å². The van der Waals surface area contributed by atoms with Gasteiger partial charge in [0.1, 0.15) is 5.69 Å². The van der Waals surface area contributed by atoms with Gasteiger partial charge in [-0.2, -0.15) is 0 Å². The molecule has 1 aliphatic heterocycles. The monoisotopic (exact) mass is 316 g/mol. The summed E-state index contributed by atoms with van der Waals surface area (Å²) in [7, 11) is 0. The maximum Gasteiger partial charge on any atom is 0.270 e. The van der Waals surface area contributed by atoms with E-state index < -0.39 is 0 Å². The number of rotatable bonds is 2. The van der Waals surface area contributed by atoms with Gasteiger partial charge in [-0.05, 0) is 50.0 Å². The Morgan fingerprint density at radius 2 is 2.00 bits per heavy atom. The Hall–Kier alpha value is -1.58. The molecule has 1 N–H and O–H groups in total. The second-order valence-electron chi connectivity index (χ2n) is 8.31. The van der Waals surface area contributed by atoms with E-state index in [9.17, 15) is 9.59 Å². The van der Waals surface area contributed by atoms with Crippen molar-refractivity contribution in [3.8, 4) is 0 Å². The van der Waals surface area contributed by atoms with Gasteiger partial charge in [-0.15, -0.1) is 0 Å². The van der Waals surface area contributed by atoms with Crippen molar-refractivity contribution in [2.45, 2.75) is 72.3 Å². The van der Waals surface area contributed by atoms with Crippen LogP contribution in [0.25, 0.3) is 0 Å². The molecule has 0 bridgehead atoms. The minimum absolute atomic E-state index is 0.0800. The molecule has 126 valence electrons. The maximum absolute atomic E-state index is 13.1. The molecular weight excluding hydrogens is 288 g/mol. The van der Waals surface area contributed by atoms with Gasteiger partial charge in [0.05, 0.1) is 0 Å². The molecule has 23 heavy (non-hydrogen) atoms. The molecule has 4 heteroatoms. The molecule has 4 nitrogen and oxygen atoms in total. The zero-order valence-electron chi connectivity index (χ0n) is 14.8. The Morgan fingerprint density at radius 1 is 1.26 bits per heavy atom. The lowest BCUT2D eigenvalue weighted by Gasteiger charge is -2.30. The summed E-state index contributed by atoms with van der Waals surface area (Å²) in [4.78, 5) is 30.6. The molecule has 1 amide bonds. The minimum Gasteiger partial charge on any atom is -0.354 e. The van der Waals surface area contributed by atoms with Gasteiger partial charge in [0.15, 0.2) is 5.78 Å². The summed E-state index contributed by atoms with van der Waals surface area (Å²) in [6, 6.07) is 0.318. The molecule has 0 saturated carbocycles. The predicted octanol–water partition coefficient (Wildman–Crippen LogP) is 3.88. The van der Waals surface area contributed by atoms with Crippen LogP contribution in [0.15, 0.2) is 0 Å². The first-order valence-corrected chi connectivity index (χ1v) is 8.83. The third-order valence-electron chi connectivity index (χ3n) is 5.14. The van der Waals surface area contributed by atoms with Crippen LogP contribution in [0.5, 0.6) is 0 Å². The largest absolute Gasteiger partial charge is 0.354 e. The molecule has 0 radical (unpaired) electrons. The highest BCUT2D eigenvalue weighted by Crippen LogP contribution is 2.32. The van der Waals surface area contributed by atoms with Crippen LogP contribution in [0.1, 0.15) is 85.0 Å². The van der Waals surface area contributed by atoms with E-state index in [1.807, 2.05) is 11.8 Å². The van der Waals surface area contributed by atoms with Crippen LogP contribution >= 0.6 is 0 Å². The molecule has 0 spiro atoms. The predicted molar refractivity (Wildman–Crippen MR) is 90.9 cm³/mol. The van der Waals surface area contributed by atoms with Gasteiger partial charge in [-0.25, -0.2) is 0 Å². The molecule has 2 aliphatic rings. The van der Waals surface area contributed by atoms with E-state index in [1.54, 1.807) is 0 Å². The fourth-order valence-electron chi connectivity index (χ4n) is 4.15. The van der Waals surface area contributed by atoms with Gasteiger partial charge in [0, 0.05) is 30.3 Å². The number of carbonyl (C=O) groups excluding carboxylic acids is 2. The van der Waals surface area contributed by atoms with Crippen molar-refractivity contribution < 1.29 is 9.59 Å². The number of aromatic amines is 1. The van der Waals surface area contributed by atoms with Crippen molar-refractivity contribution in [2.75, 3.05) is 6.54 Å². The second-order valence-corrected chi connectivity index (χ2v) is 8.31. The highest BCUT2D eigenvalue weighted by Gasteiger charge is 2.35. The van der Waals surface area contributed by atoms with Crippen LogP contribution in [0.4, 0.5) is 0 Å². The van der Waals surface area contributed by atoms with Crippen LogP contribution in [0, 0.1) is 12.3 Å². The summed E-state index contributed by atoms with van der Waals surface area (Å²) < 4.78 is 0.